The van der Waals surface area contributed by atoms with Crippen molar-refractivity contribution in [3.05, 3.63) is 71.5 Å². The Labute approximate surface area is 175 Å². The van der Waals surface area contributed by atoms with E-state index >= 15 is 0 Å². The molecular formula is C23H31N5O. The molecule has 3 heterocycles. The molecule has 0 aliphatic carbocycles. The first-order valence-corrected chi connectivity index (χ1v) is 9.92. The number of benzene rings is 1. The summed E-state index contributed by atoms with van der Waals surface area (Å²) in [6.07, 6.45) is 2.75. The predicted octanol–water partition coefficient (Wildman–Crippen LogP) is 3.80. The second kappa shape index (κ2) is 8.41. The molecule has 6 nitrogen and oxygen atoms in total. The molecule has 3 aromatic rings. The summed E-state index contributed by atoms with van der Waals surface area (Å²) in [7, 11) is 0. The largest absolute Gasteiger partial charge is 0.383 e. The van der Waals surface area contributed by atoms with Crippen molar-refractivity contribution in [2.24, 2.45) is 0 Å². The minimum atomic E-state index is -0.209. The Balaban J connectivity index is 0.00000171. The van der Waals surface area contributed by atoms with Crippen LogP contribution in [0.5, 0.6) is 0 Å². The fraction of sp³-hybridized carbons (Fsp3) is 0.261. The van der Waals surface area contributed by atoms with Gasteiger partial charge in [0.05, 0.1) is 5.56 Å². The monoisotopic (exact) mass is 393 g/mol. The number of pyridine rings is 2. The molecule has 0 amide bonds. The molecule has 0 radical (unpaired) electrons. The lowest BCUT2D eigenvalue weighted by Gasteiger charge is -2.21. The van der Waals surface area contributed by atoms with Gasteiger partial charge < -0.3 is 16.0 Å². The number of carbonyl (C=O) groups is 1. The molecule has 154 valence electrons. The van der Waals surface area contributed by atoms with Crippen molar-refractivity contribution in [1.29, 1.82) is 0 Å². The lowest BCUT2D eigenvalue weighted by Crippen LogP contribution is -2.29. The van der Waals surface area contributed by atoms with Crippen molar-refractivity contribution in [3.63, 3.8) is 0 Å². The second-order valence-corrected chi connectivity index (χ2v) is 7.32. The smallest absolute Gasteiger partial charge is 0.215 e. The molecule has 3 N–H and O–H groups in total. The van der Waals surface area contributed by atoms with Gasteiger partial charge in [-0.15, -0.1) is 0 Å². The van der Waals surface area contributed by atoms with Gasteiger partial charge in [-0.3, -0.25) is 4.79 Å². The van der Waals surface area contributed by atoms with E-state index in [0.29, 0.717) is 11.3 Å². The molecule has 0 bridgehead atoms. The Hall–Kier alpha value is -3.25. The van der Waals surface area contributed by atoms with Crippen LogP contribution in [-0.4, -0.2) is 41.9 Å². The molecule has 1 aromatic carbocycles. The van der Waals surface area contributed by atoms with E-state index in [1.165, 1.54) is 5.56 Å². The maximum atomic E-state index is 13.2. The number of nitrogen functional groups attached to an aromatic ring is 1. The van der Waals surface area contributed by atoms with Crippen molar-refractivity contribution < 1.29 is 9.07 Å². The highest BCUT2D eigenvalue weighted by molar-refractivity contribution is 6.11. The summed E-state index contributed by atoms with van der Waals surface area (Å²) < 4.78 is 0. The predicted molar refractivity (Wildman–Crippen MR) is 123 cm³/mol. The molecular weight excluding hydrogens is 362 g/mol. The first-order valence-electron chi connectivity index (χ1n) is 9.92. The highest BCUT2D eigenvalue weighted by Gasteiger charge is 2.18. The summed E-state index contributed by atoms with van der Waals surface area (Å²) >= 11 is 0. The van der Waals surface area contributed by atoms with Gasteiger partial charge in [-0.1, -0.05) is 35.9 Å². The van der Waals surface area contributed by atoms with Gasteiger partial charge in [-0.2, -0.15) is 0 Å². The third-order valence-electron chi connectivity index (χ3n) is 5.18. The van der Waals surface area contributed by atoms with E-state index in [9.17, 15) is 4.79 Å². The molecule has 4 rings (SSSR count). The molecule has 0 saturated carbocycles. The third kappa shape index (κ3) is 4.27. The van der Waals surface area contributed by atoms with Crippen LogP contribution in [-0.2, 0) is 0 Å². The number of nitrogens with two attached hydrogens (primary N) is 1. The second-order valence-electron chi connectivity index (χ2n) is 7.32. The van der Waals surface area contributed by atoms with Crippen LogP contribution in [0.3, 0.4) is 0 Å². The number of hydrogen-bond donors (Lipinski definition) is 2. The first kappa shape index (κ1) is 19.1. The summed E-state index contributed by atoms with van der Waals surface area (Å²) in [5.74, 6) is 0.830. The molecule has 2 aromatic heterocycles. The lowest BCUT2D eigenvalue weighted by atomic mass is 10.0. The number of nitrogens with zero attached hydrogens (tertiary/aromatic N) is 3. The normalized spacial score (nSPS) is 14.4. The first-order chi connectivity index (χ1) is 14.1. The van der Waals surface area contributed by atoms with E-state index < -0.39 is 0 Å². The van der Waals surface area contributed by atoms with Crippen molar-refractivity contribution in [3.8, 4) is 11.1 Å². The molecule has 1 fully saturated rings. The highest BCUT2D eigenvalue weighted by Crippen LogP contribution is 2.24. The van der Waals surface area contributed by atoms with Gasteiger partial charge >= 0.3 is 0 Å². The number of hydrogen-bond acceptors (Lipinski definition) is 6. The van der Waals surface area contributed by atoms with Crippen LogP contribution >= 0.6 is 0 Å². The van der Waals surface area contributed by atoms with Crippen molar-refractivity contribution in [2.75, 3.05) is 36.8 Å². The minimum Gasteiger partial charge on any atom is -0.383 e. The molecule has 0 spiro atoms. The zero-order valence-electron chi connectivity index (χ0n) is 16.6. The van der Waals surface area contributed by atoms with Crippen LogP contribution in [0.15, 0.2) is 54.7 Å². The van der Waals surface area contributed by atoms with Crippen LogP contribution in [0.1, 0.15) is 32.3 Å². The van der Waals surface area contributed by atoms with Gasteiger partial charge in [0.1, 0.15) is 17.3 Å². The molecule has 0 atom stereocenters. The van der Waals surface area contributed by atoms with Gasteiger partial charge in [-0.25, -0.2) is 9.97 Å². The Morgan fingerprint density at radius 2 is 1.93 bits per heavy atom. The SMILES string of the molecule is Cc1ccc(-c2cnc(N)c(C(=O)c3cccc(N4CCCNCC4)n3)c2)cc1.[HH].[HH].[HH]. The Kier molecular flexibility index (Phi) is 5.53. The minimum absolute atomic E-state index is 0. The fourth-order valence-electron chi connectivity index (χ4n) is 3.50. The zero-order chi connectivity index (χ0) is 20.2. The van der Waals surface area contributed by atoms with Crippen LogP contribution in [0.2, 0.25) is 0 Å². The molecule has 1 aliphatic heterocycles. The number of aromatic nitrogens is 2. The average molecular weight is 394 g/mol. The van der Waals surface area contributed by atoms with Gasteiger partial charge in [0.2, 0.25) is 5.78 Å². The summed E-state index contributed by atoms with van der Waals surface area (Å²) in [6, 6.07) is 15.5. The Morgan fingerprint density at radius 1 is 1.10 bits per heavy atom. The van der Waals surface area contributed by atoms with E-state index in [1.54, 1.807) is 18.3 Å². The summed E-state index contributed by atoms with van der Waals surface area (Å²) in [5, 5.41) is 3.38. The van der Waals surface area contributed by atoms with Crippen molar-refractivity contribution in [1.82, 2.24) is 15.3 Å². The van der Waals surface area contributed by atoms with Crippen molar-refractivity contribution >= 4 is 17.4 Å². The number of aryl methyl sites for hydroxylation is 1. The molecule has 6 heteroatoms. The number of anilines is 2. The van der Waals surface area contributed by atoms with E-state index in [-0.39, 0.29) is 15.9 Å². The molecule has 0 unspecified atom stereocenters. The zero-order valence-corrected chi connectivity index (χ0v) is 16.6. The summed E-state index contributed by atoms with van der Waals surface area (Å²) in [5.41, 5.74) is 9.85. The molecule has 1 saturated heterocycles. The number of nitrogens with one attached hydrogen (secondary N) is 1. The topological polar surface area (TPSA) is 84.1 Å². The molecule has 1 aliphatic rings. The average Bonchev–Trinajstić information content (AvgIpc) is 3.04. The maximum Gasteiger partial charge on any atom is 0.215 e. The van der Waals surface area contributed by atoms with E-state index in [4.69, 9.17) is 5.73 Å². The fourth-order valence-corrected chi connectivity index (χ4v) is 3.50. The van der Waals surface area contributed by atoms with Gasteiger partial charge in [0.15, 0.2) is 0 Å². The number of ketones is 1. The Bertz CT molecular complexity index is 1020. The van der Waals surface area contributed by atoms with Crippen molar-refractivity contribution in [2.45, 2.75) is 13.3 Å². The van der Waals surface area contributed by atoms with Gasteiger partial charge in [0, 0.05) is 35.7 Å². The van der Waals surface area contributed by atoms with Gasteiger partial charge in [0.25, 0.3) is 0 Å². The summed E-state index contributed by atoms with van der Waals surface area (Å²) in [4.78, 5) is 24.3. The van der Waals surface area contributed by atoms with Gasteiger partial charge in [-0.05, 0) is 43.7 Å². The van der Waals surface area contributed by atoms with E-state index in [1.807, 2.05) is 43.3 Å². The van der Waals surface area contributed by atoms with Crippen LogP contribution in [0.25, 0.3) is 11.1 Å². The van der Waals surface area contributed by atoms with E-state index in [2.05, 4.69) is 20.2 Å². The summed E-state index contributed by atoms with van der Waals surface area (Å²) in [6.45, 7) is 5.75. The standard InChI is InChI=1S/C23H25N5O.3H2/c1-16-6-8-17(9-7-16)18-14-19(23(24)26-15-18)22(29)20-4-2-5-21(27-20)28-12-3-10-25-11-13-28;;;/h2,4-9,14-15,25H,3,10-13H2,1H3,(H2,24,26);3*1H. The Morgan fingerprint density at radius 3 is 2.76 bits per heavy atom. The van der Waals surface area contributed by atoms with Crippen LogP contribution < -0.4 is 16.0 Å². The maximum absolute atomic E-state index is 13.2. The highest BCUT2D eigenvalue weighted by atomic mass is 16.1. The van der Waals surface area contributed by atoms with E-state index in [0.717, 1.165) is 49.5 Å². The number of rotatable bonds is 4. The molecule has 29 heavy (non-hydrogen) atoms. The van der Waals surface area contributed by atoms with Crippen LogP contribution in [0.4, 0.5) is 11.6 Å². The van der Waals surface area contributed by atoms with Crippen LogP contribution in [0, 0.1) is 6.92 Å². The third-order valence-corrected chi connectivity index (χ3v) is 5.18. The number of carbonyl (C=O) groups excluding carboxylic acids is 1. The lowest BCUT2D eigenvalue weighted by molar-refractivity contribution is 0.103. The quantitative estimate of drug-likeness (QED) is 0.656.